The second kappa shape index (κ2) is 6.93. The fourth-order valence-electron chi connectivity index (χ4n) is 3.86. The molecule has 3 rings (SSSR count). The van der Waals surface area contributed by atoms with Crippen LogP contribution < -0.4 is 5.32 Å². The van der Waals surface area contributed by atoms with Crippen LogP contribution in [-0.4, -0.2) is 69.9 Å². The van der Waals surface area contributed by atoms with Crippen LogP contribution in [0, 0.1) is 0 Å². The Labute approximate surface area is 143 Å². The van der Waals surface area contributed by atoms with Gasteiger partial charge >= 0.3 is 0 Å². The van der Waals surface area contributed by atoms with Gasteiger partial charge in [-0.25, -0.2) is 4.98 Å². The summed E-state index contributed by atoms with van der Waals surface area (Å²) in [5.74, 6) is 1.30. The summed E-state index contributed by atoms with van der Waals surface area (Å²) in [6.45, 7) is 5.63. The predicted octanol–water partition coefficient (Wildman–Crippen LogP) is 0.258. The van der Waals surface area contributed by atoms with Crippen molar-refractivity contribution in [3.8, 4) is 0 Å². The number of aryl methyl sites for hydroxylation is 2. The Kier molecular flexibility index (Phi) is 4.89. The Bertz CT molecular complexity index is 604. The minimum Gasteiger partial charge on any atom is -0.353 e. The van der Waals surface area contributed by atoms with E-state index in [0.29, 0.717) is 45.4 Å². The van der Waals surface area contributed by atoms with Gasteiger partial charge < -0.3 is 14.8 Å². The summed E-state index contributed by atoms with van der Waals surface area (Å²) in [6, 6.07) is 0. The molecule has 24 heavy (non-hydrogen) atoms. The minimum absolute atomic E-state index is 0.120. The molecule has 2 aliphatic rings. The fourth-order valence-corrected chi connectivity index (χ4v) is 3.86. The quantitative estimate of drug-likeness (QED) is 0.858. The normalized spacial score (nSPS) is 21.1. The molecule has 7 heteroatoms. The lowest BCUT2D eigenvalue weighted by Gasteiger charge is -2.48. The third-order valence-electron chi connectivity index (χ3n) is 5.51. The average Bonchev–Trinajstić information content (AvgIpc) is 3.06. The second-order valence-electron chi connectivity index (χ2n) is 6.73. The van der Waals surface area contributed by atoms with Gasteiger partial charge in [-0.3, -0.25) is 14.5 Å². The zero-order chi connectivity index (χ0) is 17.2. The Morgan fingerprint density at radius 1 is 1.33 bits per heavy atom. The summed E-state index contributed by atoms with van der Waals surface area (Å²) < 4.78 is 2.05. The molecule has 7 nitrogen and oxygen atoms in total. The number of nitrogens with one attached hydrogen (secondary N) is 1. The van der Waals surface area contributed by atoms with E-state index in [1.54, 1.807) is 6.20 Å². The van der Waals surface area contributed by atoms with Crippen LogP contribution in [0.25, 0.3) is 0 Å². The largest absolute Gasteiger partial charge is 0.353 e. The van der Waals surface area contributed by atoms with E-state index in [0.717, 1.165) is 18.8 Å². The first-order valence-electron chi connectivity index (χ1n) is 8.84. The van der Waals surface area contributed by atoms with E-state index in [-0.39, 0.29) is 11.8 Å². The number of carbonyl (C=O) groups is 2. The topological polar surface area (TPSA) is 70.5 Å². The van der Waals surface area contributed by atoms with Crippen LogP contribution >= 0.6 is 0 Å². The maximum absolute atomic E-state index is 12.5. The van der Waals surface area contributed by atoms with Gasteiger partial charge in [0.05, 0.1) is 0 Å². The molecule has 132 valence electrons. The molecule has 0 bridgehead atoms. The zero-order valence-electron chi connectivity index (χ0n) is 14.6. The molecule has 0 atom stereocenters. The number of piperazine rings is 1. The van der Waals surface area contributed by atoms with Crippen molar-refractivity contribution in [1.82, 2.24) is 24.7 Å². The molecule has 1 spiro atoms. The van der Waals surface area contributed by atoms with Crippen molar-refractivity contribution in [2.24, 2.45) is 0 Å². The van der Waals surface area contributed by atoms with Crippen LogP contribution in [-0.2, 0) is 22.6 Å². The first-order chi connectivity index (χ1) is 11.6. The van der Waals surface area contributed by atoms with Gasteiger partial charge in [0, 0.05) is 58.0 Å². The molecule has 2 amide bonds. The van der Waals surface area contributed by atoms with Crippen molar-refractivity contribution in [1.29, 1.82) is 0 Å². The van der Waals surface area contributed by atoms with Crippen molar-refractivity contribution in [2.75, 3.05) is 33.2 Å². The molecule has 0 unspecified atom stereocenters. The third kappa shape index (κ3) is 3.05. The van der Waals surface area contributed by atoms with E-state index in [1.165, 1.54) is 0 Å². The lowest BCUT2D eigenvalue weighted by Crippen LogP contribution is -2.67. The van der Waals surface area contributed by atoms with Crippen LogP contribution in [0.4, 0.5) is 0 Å². The van der Waals surface area contributed by atoms with Gasteiger partial charge in [0.25, 0.3) is 0 Å². The number of likely N-dealkylation sites (N-methyl/N-ethyl adjacent to an activating group) is 1. The van der Waals surface area contributed by atoms with Crippen LogP contribution in [0.5, 0.6) is 0 Å². The summed E-state index contributed by atoms with van der Waals surface area (Å²) >= 11 is 0. The van der Waals surface area contributed by atoms with E-state index >= 15 is 0 Å². The monoisotopic (exact) mass is 333 g/mol. The van der Waals surface area contributed by atoms with E-state index in [4.69, 9.17) is 0 Å². The fraction of sp³-hybridized carbons (Fsp3) is 0.706. The number of amides is 2. The smallest absolute Gasteiger partial charge is 0.240 e. The van der Waals surface area contributed by atoms with Gasteiger partial charge in [-0.15, -0.1) is 0 Å². The average molecular weight is 333 g/mol. The predicted molar refractivity (Wildman–Crippen MR) is 90.4 cm³/mol. The van der Waals surface area contributed by atoms with Crippen molar-refractivity contribution in [3.05, 3.63) is 18.2 Å². The lowest BCUT2D eigenvalue weighted by atomic mass is 9.83. The molecule has 0 radical (unpaired) electrons. The Hall–Kier alpha value is -1.89. The highest BCUT2D eigenvalue weighted by Crippen LogP contribution is 2.30. The summed E-state index contributed by atoms with van der Waals surface area (Å²) in [4.78, 5) is 33.2. The number of hydrogen-bond donors (Lipinski definition) is 1. The maximum Gasteiger partial charge on any atom is 0.240 e. The standard InChI is InChI=1S/C17H27N5O2/c1-3-14-18-8-13-21(14)9-4-15(23)22-10-5-17(6-11-22)16(24)19-7-12-20(17)2/h8,13H,3-7,9-12H2,1-2H3,(H,19,24). The molecule has 2 saturated heterocycles. The first-order valence-corrected chi connectivity index (χ1v) is 8.84. The van der Waals surface area contributed by atoms with Crippen LogP contribution in [0.3, 0.4) is 0 Å². The number of hydrogen-bond acceptors (Lipinski definition) is 4. The van der Waals surface area contributed by atoms with Crippen molar-refractivity contribution in [2.45, 2.75) is 44.7 Å². The lowest BCUT2D eigenvalue weighted by molar-refractivity contribution is -0.145. The number of likely N-dealkylation sites (tertiary alicyclic amines) is 1. The molecular weight excluding hydrogens is 306 g/mol. The van der Waals surface area contributed by atoms with E-state index in [1.807, 2.05) is 22.7 Å². The number of aromatic nitrogens is 2. The molecular formula is C17H27N5O2. The molecule has 2 aliphatic heterocycles. The maximum atomic E-state index is 12.5. The summed E-state index contributed by atoms with van der Waals surface area (Å²) in [5.41, 5.74) is -0.422. The van der Waals surface area contributed by atoms with Gasteiger partial charge in [0.1, 0.15) is 11.4 Å². The SMILES string of the molecule is CCc1nccn1CCC(=O)N1CCC2(CC1)C(=O)NCCN2C. The molecule has 2 fully saturated rings. The molecule has 1 aromatic heterocycles. The van der Waals surface area contributed by atoms with Crippen LogP contribution in [0.2, 0.25) is 0 Å². The van der Waals surface area contributed by atoms with Crippen LogP contribution in [0.15, 0.2) is 12.4 Å². The Morgan fingerprint density at radius 3 is 2.75 bits per heavy atom. The van der Waals surface area contributed by atoms with Gasteiger partial charge in [0.2, 0.25) is 11.8 Å². The van der Waals surface area contributed by atoms with Crippen molar-refractivity contribution >= 4 is 11.8 Å². The van der Waals surface area contributed by atoms with Crippen LogP contribution in [0.1, 0.15) is 32.0 Å². The Morgan fingerprint density at radius 2 is 2.08 bits per heavy atom. The summed E-state index contributed by atoms with van der Waals surface area (Å²) in [7, 11) is 2.02. The number of rotatable bonds is 4. The minimum atomic E-state index is -0.422. The first kappa shape index (κ1) is 17.0. The zero-order valence-corrected chi connectivity index (χ0v) is 14.6. The summed E-state index contributed by atoms with van der Waals surface area (Å²) in [6.07, 6.45) is 6.50. The Balaban J connectivity index is 1.54. The highest BCUT2D eigenvalue weighted by atomic mass is 16.2. The van der Waals surface area contributed by atoms with E-state index < -0.39 is 5.54 Å². The molecule has 0 aliphatic carbocycles. The highest BCUT2D eigenvalue weighted by Gasteiger charge is 2.46. The third-order valence-corrected chi connectivity index (χ3v) is 5.51. The van der Waals surface area contributed by atoms with Crippen molar-refractivity contribution in [3.63, 3.8) is 0 Å². The molecule has 3 heterocycles. The number of nitrogens with zero attached hydrogens (tertiary/aromatic N) is 4. The highest BCUT2D eigenvalue weighted by molar-refractivity contribution is 5.87. The second-order valence-corrected chi connectivity index (χ2v) is 6.73. The van der Waals surface area contributed by atoms with Gasteiger partial charge in [-0.2, -0.15) is 0 Å². The number of imidazole rings is 1. The van der Waals surface area contributed by atoms with Gasteiger partial charge in [-0.05, 0) is 19.9 Å². The molecule has 1 N–H and O–H groups in total. The summed E-state index contributed by atoms with van der Waals surface area (Å²) in [5, 5.41) is 2.98. The van der Waals surface area contributed by atoms with Gasteiger partial charge in [-0.1, -0.05) is 6.92 Å². The molecule has 1 aromatic rings. The van der Waals surface area contributed by atoms with Crippen molar-refractivity contribution < 1.29 is 9.59 Å². The van der Waals surface area contributed by atoms with E-state index in [9.17, 15) is 9.59 Å². The number of carbonyl (C=O) groups excluding carboxylic acids is 2. The number of piperidine rings is 1. The van der Waals surface area contributed by atoms with Gasteiger partial charge in [0.15, 0.2) is 0 Å². The molecule has 0 saturated carbocycles. The molecule has 0 aromatic carbocycles. The van der Waals surface area contributed by atoms with E-state index in [2.05, 4.69) is 22.1 Å².